The van der Waals surface area contributed by atoms with Gasteiger partial charge in [-0.25, -0.2) is 14.2 Å². The zero-order valence-electron chi connectivity index (χ0n) is 20.8. The second-order valence-electron chi connectivity index (χ2n) is 9.41. The molecule has 5 rings (SSSR count). The Labute approximate surface area is 219 Å². The molecule has 0 spiro atoms. The Bertz CT molecular complexity index is 1370. The fourth-order valence-corrected chi connectivity index (χ4v) is 5.89. The number of benzene rings is 3. The molecule has 0 radical (unpaired) electrons. The van der Waals surface area contributed by atoms with Crippen molar-refractivity contribution in [2.24, 2.45) is 5.92 Å². The summed E-state index contributed by atoms with van der Waals surface area (Å²) in [6.07, 6.45) is 2.84. The first-order chi connectivity index (χ1) is 18.0. The van der Waals surface area contributed by atoms with Gasteiger partial charge in [0.15, 0.2) is 5.13 Å². The number of carboxylic acids is 1. The number of halogens is 1. The van der Waals surface area contributed by atoms with Gasteiger partial charge in [-0.15, -0.1) is 0 Å². The van der Waals surface area contributed by atoms with E-state index in [0.717, 1.165) is 62.0 Å². The van der Waals surface area contributed by atoms with Crippen molar-refractivity contribution in [1.29, 1.82) is 0 Å². The van der Waals surface area contributed by atoms with Gasteiger partial charge < -0.3 is 19.6 Å². The van der Waals surface area contributed by atoms with Crippen molar-refractivity contribution in [3.8, 4) is 5.75 Å². The number of hydrogen-bond acceptors (Lipinski definition) is 6. The Morgan fingerprint density at radius 2 is 1.89 bits per heavy atom. The molecule has 0 unspecified atom stereocenters. The number of anilines is 2. The highest BCUT2D eigenvalue weighted by Gasteiger charge is 2.24. The summed E-state index contributed by atoms with van der Waals surface area (Å²) in [5.41, 5.74) is 3.18. The van der Waals surface area contributed by atoms with Crippen LogP contribution in [0.4, 0.5) is 15.2 Å². The van der Waals surface area contributed by atoms with Crippen LogP contribution in [-0.2, 0) is 6.42 Å². The molecule has 0 bridgehead atoms. The predicted octanol–water partition coefficient (Wildman–Crippen LogP) is 6.11. The van der Waals surface area contributed by atoms with Crippen molar-refractivity contribution in [3.05, 3.63) is 83.7 Å². The second kappa shape index (κ2) is 11.2. The van der Waals surface area contributed by atoms with E-state index in [0.29, 0.717) is 21.7 Å². The minimum absolute atomic E-state index is 0.228. The van der Waals surface area contributed by atoms with Crippen molar-refractivity contribution in [3.63, 3.8) is 0 Å². The lowest BCUT2D eigenvalue weighted by atomic mass is 9.95. The second-order valence-corrected chi connectivity index (χ2v) is 10.4. The first-order valence-electron chi connectivity index (χ1n) is 12.5. The molecule has 8 heteroatoms. The molecule has 1 aliphatic heterocycles. The minimum Gasteiger partial charge on any atom is -0.497 e. The number of aromatic carboxylic acids is 1. The summed E-state index contributed by atoms with van der Waals surface area (Å²) in [6, 6.07) is 20.3. The molecular formula is C29H30FN3O3S. The highest BCUT2D eigenvalue weighted by Crippen LogP contribution is 2.33. The van der Waals surface area contributed by atoms with Gasteiger partial charge in [-0.3, -0.25) is 0 Å². The van der Waals surface area contributed by atoms with Crippen LogP contribution in [0.3, 0.4) is 0 Å². The van der Waals surface area contributed by atoms with Crippen LogP contribution in [0.15, 0.2) is 66.7 Å². The summed E-state index contributed by atoms with van der Waals surface area (Å²) in [4.78, 5) is 20.7. The lowest BCUT2D eigenvalue weighted by molar-refractivity contribution is 0.0697. The first-order valence-corrected chi connectivity index (χ1v) is 13.3. The van der Waals surface area contributed by atoms with Crippen molar-refractivity contribution in [2.45, 2.75) is 19.3 Å². The van der Waals surface area contributed by atoms with Gasteiger partial charge in [-0.1, -0.05) is 35.6 Å². The molecule has 0 aliphatic carbocycles. The summed E-state index contributed by atoms with van der Waals surface area (Å²) in [5, 5.41) is 10.2. The van der Waals surface area contributed by atoms with Crippen LogP contribution < -0.4 is 14.5 Å². The SMILES string of the molecule is COc1ccc(CCN(CC2CCN(c3cccc(C(=O)O)c3)CC2)c2nc3cccc(F)c3s2)cc1. The molecule has 192 valence electrons. The molecule has 37 heavy (non-hydrogen) atoms. The average molecular weight is 520 g/mol. The van der Waals surface area contributed by atoms with Crippen molar-refractivity contribution in [1.82, 2.24) is 4.98 Å². The van der Waals surface area contributed by atoms with Gasteiger partial charge >= 0.3 is 5.97 Å². The maximum Gasteiger partial charge on any atom is 0.335 e. The molecule has 3 aromatic carbocycles. The molecular weight excluding hydrogens is 489 g/mol. The smallest absolute Gasteiger partial charge is 0.335 e. The summed E-state index contributed by atoms with van der Waals surface area (Å²) in [5.74, 6) is 0.166. The number of carbonyl (C=O) groups is 1. The number of carboxylic acid groups (broad SMARTS) is 1. The summed E-state index contributed by atoms with van der Waals surface area (Å²) >= 11 is 1.42. The molecule has 4 aromatic rings. The van der Waals surface area contributed by atoms with Crippen LogP contribution >= 0.6 is 11.3 Å². The fraction of sp³-hybridized carbons (Fsp3) is 0.310. The normalized spacial score (nSPS) is 14.2. The number of methoxy groups -OCH3 is 1. The van der Waals surface area contributed by atoms with E-state index in [-0.39, 0.29) is 5.82 Å². The third-order valence-corrected chi connectivity index (χ3v) is 8.15. The topological polar surface area (TPSA) is 65.9 Å². The zero-order chi connectivity index (χ0) is 25.8. The number of aromatic nitrogens is 1. The summed E-state index contributed by atoms with van der Waals surface area (Å²) < 4.78 is 20.3. The number of hydrogen-bond donors (Lipinski definition) is 1. The van der Waals surface area contributed by atoms with Gasteiger partial charge in [0.05, 0.1) is 22.9 Å². The number of piperidine rings is 1. The van der Waals surface area contributed by atoms with Crippen LogP contribution in [0.2, 0.25) is 0 Å². The largest absolute Gasteiger partial charge is 0.497 e. The zero-order valence-corrected chi connectivity index (χ0v) is 21.6. The predicted molar refractivity (Wildman–Crippen MR) is 147 cm³/mol. The van der Waals surface area contributed by atoms with Gasteiger partial charge in [0.25, 0.3) is 0 Å². The van der Waals surface area contributed by atoms with E-state index in [9.17, 15) is 14.3 Å². The lowest BCUT2D eigenvalue weighted by Gasteiger charge is -2.36. The number of fused-ring (bicyclic) bond motifs is 1. The Balaban J connectivity index is 1.29. The van der Waals surface area contributed by atoms with E-state index in [1.54, 1.807) is 31.4 Å². The van der Waals surface area contributed by atoms with E-state index in [1.165, 1.54) is 23.0 Å². The van der Waals surface area contributed by atoms with Crippen molar-refractivity contribution < 1.29 is 19.0 Å². The van der Waals surface area contributed by atoms with E-state index in [4.69, 9.17) is 9.72 Å². The quantitative estimate of drug-likeness (QED) is 0.288. The molecule has 0 atom stereocenters. The standard InChI is InChI=1S/C29H30FN3O3S/c1-36-24-10-8-20(9-11-24)12-17-33(29-31-26-7-3-6-25(30)27(26)37-29)19-21-13-15-32(16-14-21)23-5-2-4-22(18-23)28(34)35/h2-11,18,21H,12-17,19H2,1H3,(H,34,35). The number of rotatable bonds is 9. The molecule has 1 aliphatic rings. The highest BCUT2D eigenvalue weighted by molar-refractivity contribution is 7.22. The van der Waals surface area contributed by atoms with Crippen LogP contribution in [0.25, 0.3) is 10.2 Å². The molecule has 2 heterocycles. The number of thiazole rings is 1. The van der Waals surface area contributed by atoms with Gasteiger partial charge in [0, 0.05) is 31.9 Å². The number of ether oxygens (including phenoxy) is 1. The maximum atomic E-state index is 14.4. The summed E-state index contributed by atoms with van der Waals surface area (Å²) in [7, 11) is 1.66. The van der Waals surface area contributed by atoms with E-state index in [2.05, 4.69) is 21.9 Å². The third-order valence-electron chi connectivity index (χ3n) is 7.01. The molecule has 1 fully saturated rings. The van der Waals surface area contributed by atoms with E-state index < -0.39 is 5.97 Å². The Morgan fingerprint density at radius 3 is 2.59 bits per heavy atom. The van der Waals surface area contributed by atoms with Crippen LogP contribution in [0.1, 0.15) is 28.8 Å². The minimum atomic E-state index is -0.906. The highest BCUT2D eigenvalue weighted by atomic mass is 32.1. The van der Waals surface area contributed by atoms with Crippen molar-refractivity contribution >= 4 is 38.3 Å². The van der Waals surface area contributed by atoms with Gasteiger partial charge in [-0.2, -0.15) is 0 Å². The Kier molecular flexibility index (Phi) is 7.55. The molecule has 0 saturated carbocycles. The van der Waals surface area contributed by atoms with Crippen LogP contribution in [0, 0.1) is 11.7 Å². The molecule has 1 saturated heterocycles. The van der Waals surface area contributed by atoms with Crippen LogP contribution in [-0.4, -0.2) is 49.3 Å². The van der Waals surface area contributed by atoms with Gasteiger partial charge in [0.2, 0.25) is 0 Å². The van der Waals surface area contributed by atoms with E-state index in [1.807, 2.05) is 24.3 Å². The molecule has 1 N–H and O–H groups in total. The molecule has 0 amide bonds. The van der Waals surface area contributed by atoms with Gasteiger partial charge in [0.1, 0.15) is 11.6 Å². The number of nitrogens with zero attached hydrogens (tertiary/aromatic N) is 3. The third kappa shape index (κ3) is 5.85. The monoisotopic (exact) mass is 519 g/mol. The fourth-order valence-electron chi connectivity index (χ4n) is 4.88. The average Bonchev–Trinajstić information content (AvgIpc) is 3.37. The van der Waals surface area contributed by atoms with Gasteiger partial charge in [-0.05, 0) is 73.2 Å². The molecule has 1 aromatic heterocycles. The lowest BCUT2D eigenvalue weighted by Crippen LogP contribution is -2.39. The van der Waals surface area contributed by atoms with Crippen LogP contribution in [0.5, 0.6) is 5.75 Å². The summed E-state index contributed by atoms with van der Waals surface area (Å²) in [6.45, 7) is 3.37. The Hall–Kier alpha value is -3.65. The van der Waals surface area contributed by atoms with E-state index >= 15 is 0 Å². The Morgan fingerprint density at radius 1 is 1.14 bits per heavy atom. The first kappa shape index (κ1) is 25.0. The maximum absolute atomic E-state index is 14.4. The van der Waals surface area contributed by atoms with Crippen molar-refractivity contribution in [2.75, 3.05) is 43.1 Å². The molecule has 6 nitrogen and oxygen atoms in total.